The maximum Gasteiger partial charge on any atom is 0.189 e. The van der Waals surface area contributed by atoms with Gasteiger partial charge < -0.3 is 4.74 Å². The predicted molar refractivity (Wildman–Crippen MR) is 83.8 cm³/mol. The van der Waals surface area contributed by atoms with E-state index in [0.29, 0.717) is 12.0 Å². The third-order valence-electron chi connectivity index (χ3n) is 4.18. The lowest BCUT2D eigenvalue weighted by Crippen LogP contribution is -2.24. The first-order chi connectivity index (χ1) is 8.97. The number of ether oxygens (including phenoxy) is 1. The maximum atomic E-state index is 5.84. The largest absolute Gasteiger partial charge is 0.478 e. The molecule has 0 bridgehead atoms. The molecule has 1 atom stereocenters. The van der Waals surface area contributed by atoms with E-state index in [1.165, 1.54) is 44.9 Å². The first-order valence-corrected chi connectivity index (χ1v) is 8.18. The second-order valence-electron chi connectivity index (χ2n) is 6.96. The van der Waals surface area contributed by atoms with Crippen LogP contribution in [0.3, 0.4) is 0 Å². The topological polar surface area (TPSA) is 21.6 Å². The van der Waals surface area contributed by atoms with E-state index in [1.54, 1.807) is 0 Å². The Morgan fingerprint density at radius 1 is 1.16 bits per heavy atom. The molecular formula is C17H33NO. The van der Waals surface area contributed by atoms with Crippen LogP contribution in [0, 0.1) is 11.3 Å². The average Bonchev–Trinajstić information content (AvgIpc) is 2.84. The minimum Gasteiger partial charge on any atom is -0.478 e. The highest BCUT2D eigenvalue weighted by Crippen LogP contribution is 2.30. The van der Waals surface area contributed by atoms with E-state index in [1.807, 2.05) is 0 Å². The van der Waals surface area contributed by atoms with E-state index >= 15 is 0 Å². The van der Waals surface area contributed by atoms with Crippen molar-refractivity contribution in [2.45, 2.75) is 85.6 Å². The van der Waals surface area contributed by atoms with E-state index in [4.69, 9.17) is 9.73 Å². The van der Waals surface area contributed by atoms with Crippen LogP contribution in [0.25, 0.3) is 0 Å². The fraction of sp³-hybridized carbons (Fsp3) is 0.941. The number of nitrogens with zero attached hydrogens (tertiary/aromatic N) is 1. The quantitative estimate of drug-likeness (QED) is 0.525. The molecular weight excluding hydrogens is 234 g/mol. The number of rotatable bonds is 9. The van der Waals surface area contributed by atoms with Gasteiger partial charge in [-0.2, -0.15) is 0 Å². The van der Waals surface area contributed by atoms with Crippen molar-refractivity contribution in [3.63, 3.8) is 0 Å². The van der Waals surface area contributed by atoms with E-state index in [2.05, 4.69) is 34.6 Å². The molecule has 0 N–H and O–H groups in total. The molecule has 1 rings (SSSR count). The number of hydrogen-bond acceptors (Lipinski definition) is 2. The van der Waals surface area contributed by atoms with E-state index < -0.39 is 0 Å². The van der Waals surface area contributed by atoms with Gasteiger partial charge in [-0.1, -0.05) is 73.1 Å². The Bertz CT molecular complexity index is 281. The molecule has 0 aromatic rings. The second-order valence-corrected chi connectivity index (χ2v) is 6.96. The lowest BCUT2D eigenvalue weighted by molar-refractivity contribution is 0.253. The maximum absolute atomic E-state index is 5.84. The van der Waals surface area contributed by atoms with Gasteiger partial charge in [0, 0.05) is 5.41 Å². The Balaban J connectivity index is 2.29. The van der Waals surface area contributed by atoms with E-state index in [0.717, 1.165) is 12.5 Å². The first-order valence-electron chi connectivity index (χ1n) is 8.18. The number of unbranched alkanes of at least 4 members (excludes halogenated alkanes) is 5. The Hall–Kier alpha value is -0.530. The summed E-state index contributed by atoms with van der Waals surface area (Å²) in [5.74, 6) is 1.59. The zero-order chi connectivity index (χ0) is 14.3. The first kappa shape index (κ1) is 16.5. The Kier molecular flexibility index (Phi) is 6.88. The summed E-state index contributed by atoms with van der Waals surface area (Å²) in [6, 6.07) is 0.374. The average molecular weight is 267 g/mol. The molecule has 1 heterocycles. The van der Waals surface area contributed by atoms with Crippen molar-refractivity contribution in [2.75, 3.05) is 6.61 Å². The summed E-state index contributed by atoms with van der Waals surface area (Å²) in [6.07, 6.45) is 9.33. The van der Waals surface area contributed by atoms with Gasteiger partial charge >= 0.3 is 0 Å². The summed E-state index contributed by atoms with van der Waals surface area (Å²) in [5.41, 5.74) is 0.119. The third kappa shape index (κ3) is 5.54. The van der Waals surface area contributed by atoms with Crippen molar-refractivity contribution in [3.8, 4) is 0 Å². The van der Waals surface area contributed by atoms with Gasteiger partial charge in [0.15, 0.2) is 5.90 Å². The molecule has 0 aliphatic carbocycles. The zero-order valence-corrected chi connectivity index (χ0v) is 13.7. The van der Waals surface area contributed by atoms with Crippen molar-refractivity contribution in [1.82, 2.24) is 0 Å². The highest BCUT2D eigenvalue weighted by atomic mass is 16.5. The van der Waals surface area contributed by atoms with Gasteiger partial charge in [-0.05, 0) is 12.3 Å². The van der Waals surface area contributed by atoms with Crippen LogP contribution in [0.2, 0.25) is 0 Å². The Labute approximate surface area is 120 Å². The molecule has 0 aromatic heterocycles. The third-order valence-corrected chi connectivity index (χ3v) is 4.18. The molecule has 1 unspecified atom stereocenters. The molecule has 2 heteroatoms. The molecule has 112 valence electrons. The number of hydrogen-bond donors (Lipinski definition) is 0. The van der Waals surface area contributed by atoms with Gasteiger partial charge in [0.25, 0.3) is 0 Å². The van der Waals surface area contributed by atoms with Crippen LogP contribution in [-0.4, -0.2) is 18.5 Å². The molecule has 0 fully saturated rings. The standard InChI is InChI=1S/C17H33NO/c1-6-7-8-9-10-11-12-17(4,5)16-18-15(13-19-16)14(2)3/h14-15H,6-13H2,1-5H3. The Morgan fingerprint density at radius 2 is 1.79 bits per heavy atom. The van der Waals surface area contributed by atoms with Crippen LogP contribution in [-0.2, 0) is 4.74 Å². The lowest BCUT2D eigenvalue weighted by atomic mass is 9.86. The fourth-order valence-electron chi connectivity index (χ4n) is 2.56. The molecule has 1 aliphatic rings. The molecule has 1 aliphatic heterocycles. The summed E-state index contributed by atoms with van der Waals surface area (Å²) < 4.78 is 5.84. The minimum atomic E-state index is 0.119. The van der Waals surface area contributed by atoms with Crippen molar-refractivity contribution < 1.29 is 4.74 Å². The smallest absolute Gasteiger partial charge is 0.189 e. The molecule has 2 nitrogen and oxygen atoms in total. The summed E-state index contributed by atoms with van der Waals surface area (Å²) in [5, 5.41) is 0. The van der Waals surface area contributed by atoms with E-state index in [9.17, 15) is 0 Å². The Morgan fingerprint density at radius 3 is 2.37 bits per heavy atom. The molecule has 0 spiro atoms. The van der Waals surface area contributed by atoms with Gasteiger partial charge in [0.2, 0.25) is 0 Å². The SMILES string of the molecule is CCCCCCCCC(C)(C)C1=NC(C(C)C)CO1. The summed E-state index contributed by atoms with van der Waals surface area (Å²) in [7, 11) is 0. The monoisotopic (exact) mass is 267 g/mol. The second kappa shape index (κ2) is 7.91. The highest BCUT2D eigenvalue weighted by molar-refractivity contribution is 5.83. The highest BCUT2D eigenvalue weighted by Gasteiger charge is 2.32. The molecule has 0 saturated carbocycles. The molecule has 0 aromatic carbocycles. The normalized spacial score (nSPS) is 19.7. The lowest BCUT2D eigenvalue weighted by Gasteiger charge is -2.23. The van der Waals surface area contributed by atoms with Gasteiger partial charge in [-0.3, -0.25) is 0 Å². The van der Waals surface area contributed by atoms with Crippen LogP contribution in [0.15, 0.2) is 4.99 Å². The predicted octanol–water partition coefficient (Wildman–Crippen LogP) is 5.22. The molecule has 19 heavy (non-hydrogen) atoms. The summed E-state index contributed by atoms with van der Waals surface area (Å²) in [6.45, 7) is 12.1. The molecule has 0 saturated heterocycles. The molecule has 0 amide bonds. The van der Waals surface area contributed by atoms with Gasteiger partial charge in [-0.25, -0.2) is 4.99 Å². The van der Waals surface area contributed by atoms with Gasteiger partial charge in [-0.15, -0.1) is 0 Å². The van der Waals surface area contributed by atoms with Crippen LogP contribution < -0.4 is 0 Å². The van der Waals surface area contributed by atoms with E-state index in [-0.39, 0.29) is 5.41 Å². The fourth-order valence-corrected chi connectivity index (χ4v) is 2.56. The van der Waals surface area contributed by atoms with Gasteiger partial charge in [0.05, 0.1) is 6.04 Å². The van der Waals surface area contributed by atoms with Crippen LogP contribution >= 0.6 is 0 Å². The zero-order valence-electron chi connectivity index (χ0n) is 13.7. The van der Waals surface area contributed by atoms with Crippen molar-refractivity contribution >= 4 is 5.90 Å². The van der Waals surface area contributed by atoms with Crippen LogP contribution in [0.1, 0.15) is 79.6 Å². The molecule has 0 radical (unpaired) electrons. The van der Waals surface area contributed by atoms with Gasteiger partial charge in [0.1, 0.15) is 6.61 Å². The van der Waals surface area contributed by atoms with Crippen molar-refractivity contribution in [2.24, 2.45) is 16.3 Å². The summed E-state index contributed by atoms with van der Waals surface area (Å²) >= 11 is 0. The summed E-state index contributed by atoms with van der Waals surface area (Å²) in [4.78, 5) is 4.78. The van der Waals surface area contributed by atoms with Crippen LogP contribution in [0.5, 0.6) is 0 Å². The number of aliphatic imine (C=N–C) groups is 1. The van der Waals surface area contributed by atoms with Crippen molar-refractivity contribution in [1.29, 1.82) is 0 Å². The van der Waals surface area contributed by atoms with Crippen LogP contribution in [0.4, 0.5) is 0 Å². The minimum absolute atomic E-state index is 0.119. The van der Waals surface area contributed by atoms with Crippen molar-refractivity contribution in [3.05, 3.63) is 0 Å².